The van der Waals surface area contributed by atoms with Gasteiger partial charge in [0.25, 0.3) is 0 Å². The second-order valence-electron chi connectivity index (χ2n) is 5.54. The molecule has 1 N–H and O–H groups in total. The fourth-order valence-electron chi connectivity index (χ4n) is 3.03. The Kier molecular flexibility index (Phi) is 2.82. The lowest BCUT2D eigenvalue weighted by molar-refractivity contribution is 0.138. The fourth-order valence-corrected chi connectivity index (χ4v) is 3.03. The molecule has 4 rings (SSSR count). The lowest BCUT2D eigenvalue weighted by Crippen LogP contribution is -2.61. The summed E-state index contributed by atoms with van der Waals surface area (Å²) in [7, 11) is 1.92. The van der Waals surface area contributed by atoms with Crippen molar-refractivity contribution in [2.45, 2.75) is 6.04 Å². The van der Waals surface area contributed by atoms with Crippen molar-refractivity contribution in [3.8, 4) is 0 Å². The zero-order chi connectivity index (χ0) is 13.5. The molecular weight excluding hydrogens is 254 g/mol. The molecule has 2 aromatic rings. The minimum Gasteiger partial charge on any atom is -0.353 e. The van der Waals surface area contributed by atoms with E-state index in [9.17, 15) is 0 Å². The van der Waals surface area contributed by atoms with E-state index < -0.39 is 0 Å². The first-order chi connectivity index (χ1) is 9.83. The molecule has 2 fully saturated rings. The lowest BCUT2D eigenvalue weighted by Gasteiger charge is -2.43. The average Bonchev–Trinajstić information content (AvgIpc) is 2.80. The number of hydrogen-bond acceptors (Lipinski definition) is 6. The van der Waals surface area contributed by atoms with E-state index in [0.717, 1.165) is 62.2 Å². The third-order valence-electron chi connectivity index (χ3n) is 4.40. The van der Waals surface area contributed by atoms with Crippen LogP contribution < -0.4 is 10.2 Å². The van der Waals surface area contributed by atoms with Crippen LogP contribution in [0.2, 0.25) is 0 Å². The van der Waals surface area contributed by atoms with Crippen LogP contribution in [0.15, 0.2) is 12.5 Å². The molecule has 2 aliphatic rings. The van der Waals surface area contributed by atoms with Gasteiger partial charge in [0.2, 0.25) is 0 Å². The Balaban J connectivity index is 1.55. The Bertz CT molecular complexity index is 610. The van der Waals surface area contributed by atoms with Gasteiger partial charge < -0.3 is 10.2 Å². The van der Waals surface area contributed by atoms with Crippen molar-refractivity contribution in [1.29, 1.82) is 0 Å². The van der Waals surface area contributed by atoms with Gasteiger partial charge in [0.15, 0.2) is 5.65 Å². The summed E-state index contributed by atoms with van der Waals surface area (Å²) >= 11 is 0. The van der Waals surface area contributed by atoms with Crippen molar-refractivity contribution in [2.24, 2.45) is 7.05 Å². The lowest BCUT2D eigenvalue weighted by atomic mass is 10.1. The van der Waals surface area contributed by atoms with Crippen molar-refractivity contribution < 1.29 is 0 Å². The van der Waals surface area contributed by atoms with Gasteiger partial charge in [0.05, 0.1) is 11.6 Å². The van der Waals surface area contributed by atoms with Gasteiger partial charge in [-0.2, -0.15) is 5.10 Å². The Morgan fingerprint density at radius 1 is 1.15 bits per heavy atom. The van der Waals surface area contributed by atoms with Crippen molar-refractivity contribution in [2.75, 3.05) is 44.2 Å². The molecule has 0 radical (unpaired) electrons. The first-order valence-corrected chi connectivity index (χ1v) is 7.15. The molecular formula is C13H19N7. The largest absolute Gasteiger partial charge is 0.353 e. The molecule has 0 spiro atoms. The van der Waals surface area contributed by atoms with E-state index in [1.165, 1.54) is 0 Å². The van der Waals surface area contributed by atoms with Crippen LogP contribution in [0, 0.1) is 0 Å². The molecule has 7 nitrogen and oxygen atoms in total. The highest BCUT2D eigenvalue weighted by atomic mass is 15.3. The monoisotopic (exact) mass is 273 g/mol. The van der Waals surface area contributed by atoms with Gasteiger partial charge in [0.1, 0.15) is 12.1 Å². The van der Waals surface area contributed by atoms with E-state index in [0.29, 0.717) is 0 Å². The van der Waals surface area contributed by atoms with Gasteiger partial charge in [-0.05, 0) is 0 Å². The van der Waals surface area contributed by atoms with Crippen molar-refractivity contribution >= 4 is 16.9 Å². The number of aryl methyl sites for hydroxylation is 1. The summed E-state index contributed by atoms with van der Waals surface area (Å²) in [4.78, 5) is 13.7. The van der Waals surface area contributed by atoms with Crippen LogP contribution in [0.25, 0.3) is 11.0 Å². The smallest absolute Gasteiger partial charge is 0.163 e. The zero-order valence-corrected chi connectivity index (χ0v) is 11.7. The first kappa shape index (κ1) is 12.0. The van der Waals surface area contributed by atoms with Crippen LogP contribution in [0.4, 0.5) is 5.82 Å². The van der Waals surface area contributed by atoms with E-state index in [-0.39, 0.29) is 0 Å². The molecule has 106 valence electrons. The Hall–Kier alpha value is -1.73. The standard InChI is InChI=1S/C13H19N7/c1-18-12-11(8-17-18)13(16-9-15-12)20-4-2-19(3-5-20)10-6-14-7-10/h8-10,14H,2-7H2,1H3. The van der Waals surface area contributed by atoms with Gasteiger partial charge >= 0.3 is 0 Å². The fraction of sp³-hybridized carbons (Fsp3) is 0.615. The third-order valence-corrected chi connectivity index (χ3v) is 4.40. The van der Waals surface area contributed by atoms with Crippen molar-refractivity contribution in [3.05, 3.63) is 12.5 Å². The summed E-state index contributed by atoms with van der Waals surface area (Å²) in [5.41, 5.74) is 0.903. The SMILES string of the molecule is Cn1ncc2c(N3CCN(C4CNC4)CC3)ncnc21. The second kappa shape index (κ2) is 4.68. The first-order valence-electron chi connectivity index (χ1n) is 7.15. The maximum absolute atomic E-state index is 4.48. The van der Waals surface area contributed by atoms with Crippen LogP contribution in [0.3, 0.4) is 0 Å². The van der Waals surface area contributed by atoms with Crippen LogP contribution in [-0.4, -0.2) is 70.0 Å². The predicted molar refractivity (Wildman–Crippen MR) is 76.7 cm³/mol. The number of anilines is 1. The maximum atomic E-state index is 4.48. The van der Waals surface area contributed by atoms with E-state index in [1.54, 1.807) is 11.0 Å². The minimum absolute atomic E-state index is 0.737. The van der Waals surface area contributed by atoms with Gasteiger partial charge in [0, 0.05) is 52.4 Å². The molecule has 0 aliphatic carbocycles. The molecule has 0 unspecified atom stereocenters. The van der Waals surface area contributed by atoms with Crippen LogP contribution in [0.5, 0.6) is 0 Å². The van der Waals surface area contributed by atoms with Crippen molar-refractivity contribution in [1.82, 2.24) is 30.0 Å². The molecule has 0 saturated carbocycles. The molecule has 20 heavy (non-hydrogen) atoms. The number of nitrogens with zero attached hydrogens (tertiary/aromatic N) is 6. The molecule has 0 bridgehead atoms. The number of aromatic nitrogens is 4. The van der Waals surface area contributed by atoms with Gasteiger partial charge in [-0.25, -0.2) is 9.97 Å². The maximum Gasteiger partial charge on any atom is 0.163 e. The molecule has 2 aliphatic heterocycles. The van der Waals surface area contributed by atoms with E-state index >= 15 is 0 Å². The number of rotatable bonds is 2. The summed E-state index contributed by atoms with van der Waals surface area (Å²) in [5.74, 6) is 1.02. The van der Waals surface area contributed by atoms with Crippen molar-refractivity contribution in [3.63, 3.8) is 0 Å². The third kappa shape index (κ3) is 1.85. The van der Waals surface area contributed by atoms with E-state index in [1.807, 2.05) is 13.2 Å². The van der Waals surface area contributed by atoms with Gasteiger partial charge in [-0.1, -0.05) is 0 Å². The van der Waals surface area contributed by atoms with E-state index in [4.69, 9.17) is 0 Å². The molecule has 2 aromatic heterocycles. The highest BCUT2D eigenvalue weighted by molar-refractivity contribution is 5.86. The molecule has 4 heterocycles. The Morgan fingerprint density at radius 2 is 1.95 bits per heavy atom. The summed E-state index contributed by atoms with van der Waals surface area (Å²) in [5, 5.41) is 8.68. The highest BCUT2D eigenvalue weighted by Gasteiger charge is 2.28. The summed E-state index contributed by atoms with van der Waals surface area (Å²) < 4.78 is 1.80. The Morgan fingerprint density at radius 3 is 2.65 bits per heavy atom. The zero-order valence-electron chi connectivity index (χ0n) is 11.7. The molecule has 0 aromatic carbocycles. The summed E-state index contributed by atoms with van der Waals surface area (Å²) in [6.07, 6.45) is 3.51. The van der Waals surface area contributed by atoms with Gasteiger partial charge in [-0.3, -0.25) is 9.58 Å². The van der Waals surface area contributed by atoms with Crippen LogP contribution >= 0.6 is 0 Å². The highest BCUT2D eigenvalue weighted by Crippen LogP contribution is 2.23. The molecule has 7 heteroatoms. The topological polar surface area (TPSA) is 62.1 Å². The van der Waals surface area contributed by atoms with Crippen LogP contribution in [-0.2, 0) is 7.05 Å². The molecule has 0 atom stereocenters. The molecule has 0 amide bonds. The normalized spacial score (nSPS) is 21.4. The van der Waals surface area contributed by atoms with E-state index in [2.05, 4.69) is 30.2 Å². The second-order valence-corrected chi connectivity index (χ2v) is 5.54. The minimum atomic E-state index is 0.737. The number of piperazine rings is 1. The Labute approximate surface area is 117 Å². The van der Waals surface area contributed by atoms with Crippen LogP contribution in [0.1, 0.15) is 0 Å². The number of hydrogen-bond donors (Lipinski definition) is 1. The summed E-state index contributed by atoms with van der Waals surface area (Å²) in [6, 6.07) is 0.737. The number of nitrogens with one attached hydrogen (secondary N) is 1. The van der Waals surface area contributed by atoms with Gasteiger partial charge in [-0.15, -0.1) is 0 Å². The average molecular weight is 273 g/mol. The molecule has 2 saturated heterocycles. The number of fused-ring (bicyclic) bond motifs is 1. The quantitative estimate of drug-likeness (QED) is 0.793. The predicted octanol–water partition coefficient (Wildman–Crippen LogP) is -0.543. The summed E-state index contributed by atoms with van der Waals surface area (Å²) in [6.45, 7) is 6.55.